The van der Waals surface area contributed by atoms with Gasteiger partial charge in [-0.25, -0.2) is 72.4 Å². The van der Waals surface area contributed by atoms with E-state index < -0.39 is 118 Å². The Labute approximate surface area is 549 Å². The van der Waals surface area contributed by atoms with Gasteiger partial charge in [0.05, 0.1) is 25.9 Å². The van der Waals surface area contributed by atoms with E-state index in [0.29, 0.717) is 0 Å². The Balaban J connectivity index is -0.000000103. The maximum Gasteiger partial charge on any atom is 0.344 e. The van der Waals surface area contributed by atoms with Crippen molar-refractivity contribution < 1.29 is 222 Å². The number of hydrogen-bond donors (Lipinski definition) is 5. The molecule has 0 fully saturated rings. The summed E-state index contributed by atoms with van der Waals surface area (Å²) in [6.45, 7) is 0.370. The number of carbonyl (C=O) groups excluding carboxylic acids is 10. The molecule has 0 aliphatic heterocycles. The molecule has 0 aromatic rings. The van der Waals surface area contributed by atoms with Gasteiger partial charge in [-0.05, 0) is 20.4 Å². The summed E-state index contributed by atoms with van der Waals surface area (Å²) >= 11 is 0. The Kier molecular flexibility index (Phi) is 102. The molecule has 566 valence electrons. The molecule has 0 aromatic heterocycles. The molecule has 0 aliphatic rings. The highest BCUT2D eigenvalue weighted by Gasteiger charge is 2.17. The lowest BCUT2D eigenvalue weighted by Gasteiger charge is -2.11. The van der Waals surface area contributed by atoms with Crippen molar-refractivity contribution in [2.75, 3.05) is 153 Å². The predicted molar refractivity (Wildman–Crippen MR) is 302 cm³/mol. The number of ether oxygens (including phenoxy) is 16. The Bertz CT molecular complexity index is 1920. The van der Waals surface area contributed by atoms with Gasteiger partial charge < -0.3 is 101 Å². The van der Waals surface area contributed by atoms with Crippen molar-refractivity contribution >= 4 is 92.1 Å². The minimum Gasteiger partial charge on any atom is -0.479 e. The van der Waals surface area contributed by atoms with E-state index in [2.05, 4.69) is 103 Å². The summed E-state index contributed by atoms with van der Waals surface area (Å²) in [7, 11) is 0. The molecule has 0 aromatic carbocycles. The largest absolute Gasteiger partial charge is 0.479 e. The van der Waals surface area contributed by atoms with Crippen molar-refractivity contribution in [2.45, 2.75) is 70.6 Å². The Morgan fingerprint density at radius 3 is 0.948 bits per heavy atom. The van der Waals surface area contributed by atoms with Crippen LogP contribution >= 0.6 is 0 Å². The van der Waals surface area contributed by atoms with Crippen LogP contribution in [0.4, 0.5) is 0 Å². The molecule has 0 heterocycles. The van der Waals surface area contributed by atoms with Gasteiger partial charge in [0.1, 0.15) is 59.5 Å². The molecular formula is C50H90O46. The summed E-state index contributed by atoms with van der Waals surface area (Å²) in [5.41, 5.74) is 0. The number of carbonyl (C=O) groups is 15. The van der Waals surface area contributed by atoms with Crippen molar-refractivity contribution in [3.05, 3.63) is 12.5 Å². The molecule has 2 unspecified atom stereocenters. The first-order chi connectivity index (χ1) is 43.0. The fraction of sp³-hybridized carbons (Fsp3) is 0.660. The second-order valence-corrected chi connectivity index (χ2v) is 13.5. The molecule has 0 saturated carbocycles. The maximum atomic E-state index is 11.1. The van der Waals surface area contributed by atoms with Crippen LogP contribution in [0.3, 0.4) is 0 Å². The van der Waals surface area contributed by atoms with Crippen molar-refractivity contribution in [3.8, 4) is 0 Å². The van der Waals surface area contributed by atoms with Crippen LogP contribution in [0.2, 0.25) is 0 Å². The fourth-order valence-electron chi connectivity index (χ4n) is 3.27. The maximum absolute atomic E-state index is 11.1. The summed E-state index contributed by atoms with van der Waals surface area (Å²) in [5, 5.41) is 41.1. The lowest BCUT2D eigenvalue weighted by atomic mass is 10.4. The van der Waals surface area contributed by atoms with E-state index in [-0.39, 0.29) is 190 Å². The van der Waals surface area contributed by atoms with Crippen molar-refractivity contribution in [3.63, 3.8) is 0 Å². The molecule has 96 heavy (non-hydrogen) atoms. The molecular weight excluding hydrogens is 1340 g/mol. The van der Waals surface area contributed by atoms with E-state index in [9.17, 15) is 71.9 Å². The highest BCUT2D eigenvalue weighted by atomic mass is 17.2. The van der Waals surface area contributed by atoms with Crippen LogP contribution < -0.4 is 0 Å². The van der Waals surface area contributed by atoms with Crippen LogP contribution in [0.1, 0.15) is 58.4 Å². The first-order valence-corrected chi connectivity index (χ1v) is 23.7. The van der Waals surface area contributed by atoms with Crippen LogP contribution in [0.5, 0.6) is 0 Å². The predicted octanol–water partition coefficient (Wildman–Crippen LogP) is -1.37. The molecule has 0 amide bonds. The summed E-state index contributed by atoms with van der Waals surface area (Å²) in [6, 6.07) is 0. The number of hydrogen-bond acceptors (Lipinski definition) is 41. The quantitative estimate of drug-likeness (QED) is 0.00685. The summed E-state index contributed by atoms with van der Waals surface area (Å²) in [6.07, 6.45) is -1.40. The van der Waals surface area contributed by atoms with Gasteiger partial charge in [-0.1, -0.05) is 44.6 Å². The third-order valence-corrected chi connectivity index (χ3v) is 6.60. The van der Waals surface area contributed by atoms with E-state index in [0.717, 1.165) is 0 Å². The summed E-state index contributed by atoms with van der Waals surface area (Å²) in [5.74, 6) is -10.5. The van der Waals surface area contributed by atoms with E-state index in [1.54, 1.807) is 6.92 Å². The monoisotopic (exact) mass is 1430 g/mol. The number of carboxylic acid groups (broad SMARTS) is 5. The molecule has 0 radical (unpaired) electrons. The average molecular weight is 1430 g/mol. The van der Waals surface area contributed by atoms with E-state index >= 15 is 0 Å². The molecule has 5 N–H and O–H groups in total. The highest BCUT2D eigenvalue weighted by Crippen LogP contribution is 1.99. The summed E-state index contributed by atoms with van der Waals surface area (Å²) < 4.78 is 71.3. The van der Waals surface area contributed by atoms with Crippen molar-refractivity contribution in [1.29, 1.82) is 0 Å². The topological polar surface area (TPSA) is 597 Å². The van der Waals surface area contributed by atoms with Gasteiger partial charge in [-0.15, -0.1) is 0 Å². The third kappa shape index (κ3) is 106. The van der Waals surface area contributed by atoms with Crippen molar-refractivity contribution in [1.82, 2.24) is 0 Å². The van der Waals surface area contributed by atoms with Crippen LogP contribution in [-0.2, 0) is 197 Å². The minimum absolute atomic E-state index is 0. The molecule has 0 spiro atoms. The lowest BCUT2D eigenvalue weighted by Crippen LogP contribution is -2.27. The number of rotatable bonds is 57. The zero-order valence-corrected chi connectivity index (χ0v) is 47.5. The molecule has 46 nitrogen and oxygen atoms in total. The van der Waals surface area contributed by atoms with Gasteiger partial charge in [0, 0.05) is 0 Å². The Morgan fingerprint density at radius 1 is 0.323 bits per heavy atom. The third-order valence-electron chi connectivity index (χ3n) is 6.60. The van der Waals surface area contributed by atoms with E-state index in [4.69, 9.17) is 54.0 Å². The van der Waals surface area contributed by atoms with E-state index in [1.807, 2.05) is 0 Å². The minimum atomic E-state index is -1.27. The number of esters is 5. The smallest absolute Gasteiger partial charge is 0.344 e. The molecule has 0 bridgehead atoms. The van der Waals surface area contributed by atoms with Gasteiger partial charge in [0.15, 0.2) is 45.7 Å². The molecule has 46 heteroatoms. The lowest BCUT2D eigenvalue weighted by molar-refractivity contribution is -0.337. The van der Waals surface area contributed by atoms with Crippen molar-refractivity contribution in [2.24, 2.45) is 0 Å². The first kappa shape index (κ1) is 111. The second kappa shape index (κ2) is 87.9. The standard InChI is InChI=1S/C10H14O10.2C9H14O9.2C8H12O9.6CH4/c1-8(16-2-3-19-20-7-15-6-11)17-5-10(14)18-4-9(12)13;1-7(2-17-18-6-14-5-10)15-4-9(13)16-3-8(11)12;1-7(9(13)16-4-8(11)12)15-2-3-17-18-6-14-5-10;2*9-5-14-6-17-16-2-1-13-4-8(12)15-3-7(10)11;;;;;;/h6H,1-5,7H2,(H,12,13);2*5,7H,2-4,6H2,1H3,(H,11,12);2*5H,1-4,6H2,(H,10,11);6*1H4. The fourth-order valence-corrected chi connectivity index (χ4v) is 3.27. The molecule has 2 atom stereocenters. The molecule has 0 saturated heterocycles. The van der Waals surface area contributed by atoms with Crippen LogP contribution in [-0.4, -0.2) is 283 Å². The van der Waals surface area contributed by atoms with Crippen LogP contribution in [0.25, 0.3) is 0 Å². The van der Waals surface area contributed by atoms with Gasteiger partial charge >= 0.3 is 59.7 Å². The molecule has 0 rings (SSSR count). The second-order valence-electron chi connectivity index (χ2n) is 13.5. The number of aliphatic carboxylic acids is 5. The Hall–Kier alpha value is -9.17. The first-order valence-electron chi connectivity index (χ1n) is 23.7. The summed E-state index contributed by atoms with van der Waals surface area (Å²) in [4.78, 5) is 198. The van der Waals surface area contributed by atoms with E-state index in [1.165, 1.54) is 6.92 Å². The van der Waals surface area contributed by atoms with Gasteiger partial charge in [-0.2, -0.15) is 24.4 Å². The van der Waals surface area contributed by atoms with Gasteiger partial charge in [-0.3, -0.25) is 24.0 Å². The molecule has 0 aliphatic carbocycles. The normalized spacial score (nSPS) is 9.73. The zero-order valence-electron chi connectivity index (χ0n) is 47.5. The highest BCUT2D eigenvalue weighted by molar-refractivity contribution is 5.78. The number of carboxylic acids is 5. The average Bonchev–Trinajstić information content (AvgIpc) is 3.12. The SMILES string of the molecule is C.C.C.C.C.C.C=C(OCCOOCOC=O)OCC(=O)OCC(=O)O.CC(COOCOC=O)OCC(=O)OCC(=O)O.CC(OCCOOCOC=O)C(=O)OCC(=O)O.O=COCOOCCOCC(=O)OCC(=O)O.O=COCOOCCOCC(=O)OCC(=O)O. The van der Waals surface area contributed by atoms with Gasteiger partial charge in [0.2, 0.25) is 34.0 Å². The van der Waals surface area contributed by atoms with Gasteiger partial charge in [0.25, 0.3) is 38.3 Å². The zero-order chi connectivity index (χ0) is 68.7. The van der Waals surface area contributed by atoms with Crippen LogP contribution in [0.15, 0.2) is 12.5 Å². The van der Waals surface area contributed by atoms with Crippen LogP contribution in [0, 0.1) is 0 Å². The Morgan fingerprint density at radius 2 is 0.615 bits per heavy atom.